The highest BCUT2D eigenvalue weighted by Crippen LogP contribution is 2.18. The van der Waals surface area contributed by atoms with Crippen molar-refractivity contribution < 1.29 is 19.1 Å². The van der Waals surface area contributed by atoms with E-state index in [1.165, 1.54) is 12.5 Å². The summed E-state index contributed by atoms with van der Waals surface area (Å²) in [6.45, 7) is 2.87. The van der Waals surface area contributed by atoms with Crippen LogP contribution in [0.25, 0.3) is 0 Å². The molecule has 2 aromatic heterocycles. The van der Waals surface area contributed by atoms with Crippen molar-refractivity contribution in [2.24, 2.45) is 0 Å². The van der Waals surface area contributed by atoms with E-state index >= 15 is 0 Å². The molecule has 31 heavy (non-hydrogen) atoms. The van der Waals surface area contributed by atoms with Crippen LogP contribution in [0.15, 0.2) is 65.5 Å². The normalized spacial score (nSPS) is 10.7. The molecule has 0 bridgehead atoms. The van der Waals surface area contributed by atoms with Gasteiger partial charge in [-0.25, -0.2) is 9.67 Å². The number of carbonyl (C=O) groups excluding carboxylic acids is 1. The summed E-state index contributed by atoms with van der Waals surface area (Å²) < 4.78 is 12.4. The van der Waals surface area contributed by atoms with Crippen LogP contribution in [0.2, 0.25) is 0 Å². The number of nitrogens with one attached hydrogen (secondary N) is 1. The zero-order valence-corrected chi connectivity index (χ0v) is 16.9. The third kappa shape index (κ3) is 5.27. The zero-order valence-electron chi connectivity index (χ0n) is 16.9. The van der Waals surface area contributed by atoms with E-state index in [4.69, 9.17) is 9.15 Å². The number of aromatic nitrogens is 4. The van der Waals surface area contributed by atoms with Crippen molar-refractivity contribution >= 4 is 5.91 Å². The predicted octanol–water partition coefficient (Wildman–Crippen LogP) is 2.84. The van der Waals surface area contributed by atoms with E-state index < -0.39 is 0 Å². The van der Waals surface area contributed by atoms with Crippen LogP contribution < -0.4 is 10.1 Å². The highest BCUT2D eigenvalue weighted by atomic mass is 16.5. The molecule has 0 saturated heterocycles. The summed E-state index contributed by atoms with van der Waals surface area (Å²) in [4.78, 5) is 16.4. The van der Waals surface area contributed by atoms with E-state index in [2.05, 4.69) is 20.6 Å². The molecule has 158 valence electrons. The number of phenols is 1. The molecular formula is C22H21N5O4. The molecule has 0 radical (unpaired) electrons. The van der Waals surface area contributed by atoms with Gasteiger partial charge in [0, 0.05) is 11.6 Å². The molecule has 0 aliphatic heterocycles. The van der Waals surface area contributed by atoms with Gasteiger partial charge in [-0.05, 0) is 36.8 Å². The van der Waals surface area contributed by atoms with Crippen LogP contribution in [0.5, 0.6) is 11.5 Å². The number of benzene rings is 2. The zero-order chi connectivity index (χ0) is 21.6. The quantitative estimate of drug-likeness (QED) is 0.451. The monoisotopic (exact) mass is 419 g/mol. The van der Waals surface area contributed by atoms with Crippen LogP contribution in [0.4, 0.5) is 0 Å². The molecule has 2 N–H and O–H groups in total. The lowest BCUT2D eigenvalue weighted by atomic mass is 10.1. The smallest absolute Gasteiger partial charge is 0.251 e. The third-order valence-corrected chi connectivity index (χ3v) is 4.61. The minimum absolute atomic E-state index is 0.145. The van der Waals surface area contributed by atoms with Gasteiger partial charge in [-0.3, -0.25) is 4.79 Å². The summed E-state index contributed by atoms with van der Waals surface area (Å²) in [6, 6.07) is 13.9. The fraction of sp³-hybridized carbons (Fsp3) is 0.182. The van der Waals surface area contributed by atoms with Crippen molar-refractivity contribution in [3.63, 3.8) is 0 Å². The summed E-state index contributed by atoms with van der Waals surface area (Å²) in [5.74, 6) is 1.21. The molecule has 2 heterocycles. The number of amides is 1. The Balaban J connectivity index is 1.29. The predicted molar refractivity (Wildman–Crippen MR) is 110 cm³/mol. The van der Waals surface area contributed by atoms with Crippen molar-refractivity contribution in [2.45, 2.75) is 26.6 Å². The van der Waals surface area contributed by atoms with Crippen molar-refractivity contribution in [1.82, 2.24) is 25.3 Å². The Morgan fingerprint density at radius 1 is 1.23 bits per heavy atom. The lowest BCUT2D eigenvalue weighted by molar-refractivity contribution is 0.0950. The Hall–Kier alpha value is -4.14. The van der Waals surface area contributed by atoms with Crippen LogP contribution >= 0.6 is 0 Å². The van der Waals surface area contributed by atoms with Crippen molar-refractivity contribution in [2.75, 3.05) is 0 Å². The van der Waals surface area contributed by atoms with E-state index in [9.17, 15) is 9.90 Å². The molecule has 0 aliphatic rings. The molecule has 0 aliphatic carbocycles. The van der Waals surface area contributed by atoms with Crippen LogP contribution in [-0.4, -0.2) is 31.0 Å². The van der Waals surface area contributed by atoms with Crippen molar-refractivity contribution in [1.29, 1.82) is 0 Å². The summed E-state index contributed by atoms with van der Waals surface area (Å²) in [7, 11) is 0. The fourth-order valence-corrected chi connectivity index (χ4v) is 2.93. The van der Waals surface area contributed by atoms with E-state index in [0.717, 1.165) is 5.56 Å². The van der Waals surface area contributed by atoms with Gasteiger partial charge < -0.3 is 19.6 Å². The van der Waals surface area contributed by atoms with Gasteiger partial charge in [0.15, 0.2) is 6.39 Å². The van der Waals surface area contributed by atoms with E-state index in [-0.39, 0.29) is 18.3 Å². The average molecular weight is 419 g/mol. The summed E-state index contributed by atoms with van der Waals surface area (Å²) in [5.41, 5.74) is 2.92. The van der Waals surface area contributed by atoms with E-state index in [1.54, 1.807) is 48.1 Å². The minimum atomic E-state index is -0.180. The van der Waals surface area contributed by atoms with E-state index in [1.807, 2.05) is 12.1 Å². The van der Waals surface area contributed by atoms with E-state index in [0.29, 0.717) is 41.6 Å². The molecule has 9 nitrogen and oxygen atoms in total. The molecule has 4 aromatic rings. The van der Waals surface area contributed by atoms with Crippen molar-refractivity contribution in [3.05, 3.63) is 89.4 Å². The maximum atomic E-state index is 12.3. The molecule has 0 saturated carbocycles. The van der Waals surface area contributed by atoms with Crippen LogP contribution in [-0.2, 0) is 19.7 Å². The van der Waals surface area contributed by atoms with Crippen molar-refractivity contribution in [3.8, 4) is 11.5 Å². The molecule has 0 unspecified atom stereocenters. The number of rotatable bonds is 8. The topological polar surface area (TPSA) is 115 Å². The van der Waals surface area contributed by atoms with Gasteiger partial charge in [0.2, 0.25) is 0 Å². The van der Waals surface area contributed by atoms with Gasteiger partial charge in [-0.2, -0.15) is 0 Å². The lowest BCUT2D eigenvalue weighted by Crippen LogP contribution is -2.23. The minimum Gasteiger partial charge on any atom is -0.508 e. The Kier molecular flexibility index (Phi) is 5.93. The molecule has 4 rings (SSSR count). The number of hydrogen-bond acceptors (Lipinski definition) is 7. The Bertz CT molecular complexity index is 1170. The highest BCUT2D eigenvalue weighted by molar-refractivity contribution is 5.94. The molecule has 1 amide bonds. The average Bonchev–Trinajstić information content (AvgIpc) is 3.39. The number of carbonyl (C=O) groups is 1. The maximum Gasteiger partial charge on any atom is 0.251 e. The summed E-state index contributed by atoms with van der Waals surface area (Å²) >= 11 is 0. The van der Waals surface area contributed by atoms with Gasteiger partial charge in [-0.1, -0.05) is 23.4 Å². The summed E-state index contributed by atoms with van der Waals surface area (Å²) in [6.07, 6.45) is 3.16. The standard InChI is InChI=1S/C22H21N5O4/c1-15-21(24-14-31-15)10-23-22(29)17-7-5-16(6-8-17)11-27-12-18(25-26-27)13-30-20-4-2-3-19(28)9-20/h2-9,12,14,28H,10-11,13H2,1H3,(H,23,29). The number of oxazole rings is 1. The number of aromatic hydroxyl groups is 1. The van der Waals surface area contributed by atoms with Gasteiger partial charge in [0.25, 0.3) is 5.91 Å². The molecule has 2 aromatic carbocycles. The molecule has 0 fully saturated rings. The number of aryl methyl sites for hydroxylation is 1. The number of hydrogen-bond donors (Lipinski definition) is 2. The maximum absolute atomic E-state index is 12.3. The molecule has 9 heteroatoms. The largest absolute Gasteiger partial charge is 0.508 e. The first kappa shape index (κ1) is 20.1. The van der Waals surface area contributed by atoms with Gasteiger partial charge in [0.05, 0.1) is 19.3 Å². The first-order valence-corrected chi connectivity index (χ1v) is 9.64. The SMILES string of the molecule is Cc1ocnc1CNC(=O)c1ccc(Cn2cc(COc3cccc(O)c3)nn2)cc1. The fourth-order valence-electron chi connectivity index (χ4n) is 2.93. The van der Waals surface area contributed by atoms with Gasteiger partial charge in [-0.15, -0.1) is 5.10 Å². The van der Waals surface area contributed by atoms with Crippen LogP contribution in [0.1, 0.15) is 33.1 Å². The molecule has 0 spiro atoms. The van der Waals surface area contributed by atoms with Crippen LogP contribution in [0.3, 0.4) is 0 Å². The Morgan fingerprint density at radius 2 is 2.06 bits per heavy atom. The molecule has 0 atom stereocenters. The van der Waals surface area contributed by atoms with Gasteiger partial charge in [0.1, 0.15) is 35.3 Å². The Labute approximate surface area is 178 Å². The number of phenolic OH excluding ortho intramolecular Hbond substituents is 1. The lowest BCUT2D eigenvalue weighted by Gasteiger charge is -2.06. The second-order valence-corrected chi connectivity index (χ2v) is 6.93. The van der Waals surface area contributed by atoms with Gasteiger partial charge >= 0.3 is 0 Å². The molecular weight excluding hydrogens is 398 g/mol. The number of nitrogens with zero attached hydrogens (tertiary/aromatic N) is 4. The first-order chi connectivity index (χ1) is 15.1. The third-order valence-electron chi connectivity index (χ3n) is 4.61. The summed E-state index contributed by atoms with van der Waals surface area (Å²) in [5, 5.41) is 20.5. The Morgan fingerprint density at radius 3 is 2.81 bits per heavy atom. The van der Waals surface area contributed by atoms with Crippen LogP contribution in [0, 0.1) is 6.92 Å². The highest BCUT2D eigenvalue weighted by Gasteiger charge is 2.09. The second kappa shape index (κ2) is 9.12. The second-order valence-electron chi connectivity index (χ2n) is 6.93. The first-order valence-electron chi connectivity index (χ1n) is 9.64. The number of ether oxygens (including phenoxy) is 1.